The number of anilines is 2. The van der Waals surface area contributed by atoms with Crippen LogP contribution in [0.15, 0.2) is 34.9 Å². The Morgan fingerprint density at radius 3 is 2.21 bits per heavy atom. The fraction of sp³-hybridized carbons (Fsp3) is 0.350. The minimum atomic E-state index is -0.979. The molecule has 9 heteroatoms. The van der Waals surface area contributed by atoms with Crippen molar-refractivity contribution in [3.63, 3.8) is 0 Å². The lowest BCUT2D eigenvalue weighted by Crippen LogP contribution is -2.45. The van der Waals surface area contributed by atoms with E-state index in [1.165, 1.54) is 6.92 Å². The van der Waals surface area contributed by atoms with Gasteiger partial charge in [0.1, 0.15) is 5.92 Å². The molecule has 0 aliphatic carbocycles. The van der Waals surface area contributed by atoms with Crippen LogP contribution >= 0.6 is 11.8 Å². The summed E-state index contributed by atoms with van der Waals surface area (Å²) in [5, 5.41) is 26.5. The third kappa shape index (κ3) is 4.95. The molecule has 0 fully saturated rings. The molecule has 150 valence electrons. The third-order valence-electron chi connectivity index (χ3n) is 4.47. The second-order valence-corrected chi connectivity index (χ2v) is 8.45. The largest absolute Gasteiger partial charge is 0.326 e. The molecular weight excluding hydrogens is 390 g/mol. The zero-order valence-corrected chi connectivity index (χ0v) is 17.3. The van der Waals surface area contributed by atoms with Gasteiger partial charge in [0.25, 0.3) is 0 Å². The number of nitrogens with one attached hydrogen (secondary N) is 3. The van der Waals surface area contributed by atoms with E-state index in [0.29, 0.717) is 11.4 Å². The number of benzene rings is 1. The zero-order valence-electron chi connectivity index (χ0n) is 16.5. The van der Waals surface area contributed by atoms with E-state index in [1.54, 1.807) is 45.0 Å². The van der Waals surface area contributed by atoms with Crippen LogP contribution in [0, 0.1) is 34.0 Å². The van der Waals surface area contributed by atoms with Crippen molar-refractivity contribution in [1.29, 1.82) is 10.5 Å². The first-order valence-corrected chi connectivity index (χ1v) is 9.68. The number of allylic oxidation sites excluding steroid dienone is 1. The summed E-state index contributed by atoms with van der Waals surface area (Å²) in [5.74, 6) is -1.97. The van der Waals surface area contributed by atoms with Gasteiger partial charge in [0.15, 0.2) is 0 Å². The molecule has 1 aliphatic heterocycles. The predicted molar refractivity (Wildman–Crippen MR) is 110 cm³/mol. The van der Waals surface area contributed by atoms with Gasteiger partial charge in [-0.05, 0) is 31.2 Å². The van der Waals surface area contributed by atoms with Crippen LogP contribution in [-0.4, -0.2) is 23.0 Å². The SMILES string of the molecule is CC(=O)Nc1ccc(NC(=O)[C@@H](C)SC2=C(C#N)C(C)(C)[C@H](C#N)C(=O)N2)cc1. The van der Waals surface area contributed by atoms with Gasteiger partial charge in [-0.25, -0.2) is 0 Å². The van der Waals surface area contributed by atoms with Crippen LogP contribution in [0.3, 0.4) is 0 Å². The number of hydrogen-bond donors (Lipinski definition) is 3. The second-order valence-electron chi connectivity index (χ2n) is 7.10. The average Bonchev–Trinajstić information content (AvgIpc) is 2.62. The van der Waals surface area contributed by atoms with E-state index >= 15 is 0 Å². The van der Waals surface area contributed by atoms with E-state index in [1.807, 2.05) is 6.07 Å². The topological polar surface area (TPSA) is 135 Å². The number of nitrogens with zero attached hydrogens (tertiary/aromatic N) is 2. The fourth-order valence-electron chi connectivity index (χ4n) is 2.83. The van der Waals surface area contributed by atoms with Crippen molar-refractivity contribution in [2.75, 3.05) is 10.6 Å². The molecule has 0 saturated heterocycles. The summed E-state index contributed by atoms with van der Waals surface area (Å²) >= 11 is 1.06. The molecule has 0 saturated carbocycles. The normalized spacial score (nSPS) is 18.7. The van der Waals surface area contributed by atoms with Gasteiger partial charge in [-0.2, -0.15) is 10.5 Å². The number of amides is 3. The van der Waals surface area contributed by atoms with Crippen molar-refractivity contribution >= 4 is 40.9 Å². The van der Waals surface area contributed by atoms with Crippen molar-refractivity contribution in [2.45, 2.75) is 32.9 Å². The second kappa shape index (κ2) is 8.80. The minimum absolute atomic E-state index is 0.190. The molecule has 1 aliphatic rings. The Morgan fingerprint density at radius 1 is 1.17 bits per heavy atom. The van der Waals surface area contributed by atoms with Crippen molar-refractivity contribution < 1.29 is 14.4 Å². The van der Waals surface area contributed by atoms with Gasteiger partial charge in [0.05, 0.1) is 28.0 Å². The fourth-order valence-corrected chi connectivity index (χ4v) is 3.93. The molecule has 1 aromatic rings. The summed E-state index contributed by atoms with van der Waals surface area (Å²) in [6.07, 6.45) is 0. The van der Waals surface area contributed by atoms with E-state index in [-0.39, 0.29) is 22.4 Å². The first-order chi connectivity index (χ1) is 13.6. The summed E-state index contributed by atoms with van der Waals surface area (Å²) < 4.78 is 0. The molecule has 0 spiro atoms. The molecule has 0 aromatic heterocycles. The lowest BCUT2D eigenvalue weighted by molar-refractivity contribution is -0.125. The first-order valence-electron chi connectivity index (χ1n) is 8.80. The smallest absolute Gasteiger partial charge is 0.243 e. The van der Waals surface area contributed by atoms with E-state index in [0.717, 1.165) is 11.8 Å². The van der Waals surface area contributed by atoms with Gasteiger partial charge in [-0.3, -0.25) is 14.4 Å². The van der Waals surface area contributed by atoms with E-state index in [9.17, 15) is 24.9 Å². The highest BCUT2D eigenvalue weighted by Gasteiger charge is 2.45. The Bertz CT molecular complexity index is 954. The number of carbonyl (C=O) groups excluding carboxylic acids is 3. The Labute approximate surface area is 173 Å². The average molecular weight is 411 g/mol. The minimum Gasteiger partial charge on any atom is -0.326 e. The van der Waals surface area contributed by atoms with Gasteiger partial charge in [0, 0.05) is 23.7 Å². The number of thioether (sulfide) groups is 1. The standard InChI is InChI=1S/C20H21N5O3S/c1-11(17(27)24-14-7-5-13(6-8-14)23-12(2)26)29-19-16(10-22)20(3,4)15(9-21)18(28)25-19/h5-8,11,15H,1-4H3,(H,23,26)(H,24,27)(H,25,28)/t11-,15-/m1/s1. The molecule has 2 rings (SSSR count). The van der Waals surface area contributed by atoms with E-state index in [2.05, 4.69) is 22.0 Å². The van der Waals surface area contributed by atoms with Crippen LogP contribution in [0.2, 0.25) is 0 Å². The number of rotatable bonds is 5. The molecule has 0 unspecified atom stereocenters. The molecular formula is C20H21N5O3S. The summed E-state index contributed by atoms with van der Waals surface area (Å²) in [4.78, 5) is 35.8. The zero-order chi connectivity index (χ0) is 21.8. The van der Waals surface area contributed by atoms with Gasteiger partial charge in [0.2, 0.25) is 17.7 Å². The third-order valence-corrected chi connectivity index (χ3v) is 5.58. The maximum atomic E-state index is 12.5. The summed E-state index contributed by atoms with van der Waals surface area (Å²) in [6.45, 7) is 6.40. The maximum Gasteiger partial charge on any atom is 0.243 e. The van der Waals surface area contributed by atoms with Gasteiger partial charge < -0.3 is 16.0 Å². The van der Waals surface area contributed by atoms with E-state index < -0.39 is 22.5 Å². The van der Waals surface area contributed by atoms with Crippen molar-refractivity contribution in [2.24, 2.45) is 11.3 Å². The van der Waals surface area contributed by atoms with Crippen LogP contribution < -0.4 is 16.0 Å². The van der Waals surface area contributed by atoms with Crippen LogP contribution in [0.4, 0.5) is 11.4 Å². The van der Waals surface area contributed by atoms with Crippen LogP contribution in [0.25, 0.3) is 0 Å². The first kappa shape index (κ1) is 22.0. The van der Waals surface area contributed by atoms with Crippen molar-refractivity contribution in [1.82, 2.24) is 5.32 Å². The summed E-state index contributed by atoms with van der Waals surface area (Å²) in [7, 11) is 0. The van der Waals surface area contributed by atoms with Crippen molar-refractivity contribution in [3.8, 4) is 12.1 Å². The molecule has 1 aromatic carbocycles. The predicted octanol–water partition coefficient (Wildman–Crippen LogP) is 2.74. The van der Waals surface area contributed by atoms with Crippen molar-refractivity contribution in [3.05, 3.63) is 34.9 Å². The quantitative estimate of drug-likeness (QED) is 0.682. The highest BCUT2D eigenvalue weighted by atomic mass is 32.2. The lowest BCUT2D eigenvalue weighted by Gasteiger charge is -2.35. The summed E-state index contributed by atoms with van der Waals surface area (Å²) in [5.41, 5.74) is 0.474. The number of carbonyl (C=O) groups is 3. The Morgan fingerprint density at radius 2 is 1.72 bits per heavy atom. The molecule has 3 amide bonds. The Balaban J connectivity index is 2.13. The summed E-state index contributed by atoms with van der Waals surface area (Å²) in [6, 6.07) is 10.7. The van der Waals surface area contributed by atoms with Gasteiger partial charge in [-0.15, -0.1) is 0 Å². The van der Waals surface area contributed by atoms with E-state index in [4.69, 9.17) is 0 Å². The molecule has 0 radical (unpaired) electrons. The highest BCUT2D eigenvalue weighted by molar-refractivity contribution is 8.04. The number of hydrogen-bond acceptors (Lipinski definition) is 6. The lowest BCUT2D eigenvalue weighted by atomic mass is 9.72. The highest BCUT2D eigenvalue weighted by Crippen LogP contribution is 2.42. The molecule has 0 bridgehead atoms. The molecule has 1 heterocycles. The Hall–Kier alpha value is -3.30. The number of nitriles is 2. The molecule has 8 nitrogen and oxygen atoms in total. The van der Waals surface area contributed by atoms with Gasteiger partial charge in [-0.1, -0.05) is 25.6 Å². The van der Waals surface area contributed by atoms with Crippen LogP contribution in [-0.2, 0) is 14.4 Å². The monoisotopic (exact) mass is 411 g/mol. The molecule has 29 heavy (non-hydrogen) atoms. The Kier molecular flexibility index (Phi) is 6.68. The van der Waals surface area contributed by atoms with Gasteiger partial charge >= 0.3 is 0 Å². The maximum absolute atomic E-state index is 12.5. The van der Waals surface area contributed by atoms with Crippen LogP contribution in [0.1, 0.15) is 27.7 Å². The van der Waals surface area contributed by atoms with Crippen LogP contribution in [0.5, 0.6) is 0 Å². The molecule has 3 N–H and O–H groups in total. The molecule has 2 atom stereocenters.